The average molecular weight is 569 g/mol. The standard InChI is InChI=1S/C29H44N8O4/c1-5-34(22-10-7-21(30)8-11-22)19-20-6-9-23(18-24(20)41-4)37-13-12-25(33-28(37)40)32-27(39)36-16-14-35(15-17-36)26(38)29(2,3)31/h6,9,12-13,18,21-22H,5,7-8,10-11,14-17,19,30-31H2,1-4H3,(H,32,33,39,40). The monoisotopic (exact) mass is 568 g/mol. The van der Waals surface area contributed by atoms with Gasteiger partial charge in [0.25, 0.3) is 0 Å². The Kier molecular flexibility index (Phi) is 9.67. The summed E-state index contributed by atoms with van der Waals surface area (Å²) in [7, 11) is 1.63. The van der Waals surface area contributed by atoms with Crippen molar-refractivity contribution in [1.29, 1.82) is 0 Å². The summed E-state index contributed by atoms with van der Waals surface area (Å²) >= 11 is 0. The molecular weight excluding hydrogens is 524 g/mol. The second-order valence-corrected chi connectivity index (χ2v) is 11.5. The van der Waals surface area contributed by atoms with E-state index in [0.717, 1.165) is 44.3 Å². The molecule has 0 bridgehead atoms. The molecule has 4 rings (SSSR count). The van der Waals surface area contributed by atoms with Crippen molar-refractivity contribution in [2.24, 2.45) is 11.5 Å². The molecule has 1 saturated heterocycles. The van der Waals surface area contributed by atoms with Gasteiger partial charge in [-0.3, -0.25) is 19.6 Å². The third-order valence-electron chi connectivity index (χ3n) is 8.03. The Morgan fingerprint density at radius 1 is 1.10 bits per heavy atom. The lowest BCUT2D eigenvalue weighted by Gasteiger charge is -2.37. The second kappa shape index (κ2) is 13.0. The first-order valence-electron chi connectivity index (χ1n) is 14.4. The van der Waals surface area contributed by atoms with E-state index < -0.39 is 11.2 Å². The van der Waals surface area contributed by atoms with Gasteiger partial charge in [0.05, 0.1) is 18.3 Å². The molecule has 3 amide bonds. The van der Waals surface area contributed by atoms with Gasteiger partial charge in [-0.15, -0.1) is 0 Å². The molecular formula is C29H44N8O4. The van der Waals surface area contributed by atoms with Gasteiger partial charge < -0.3 is 26.0 Å². The molecule has 41 heavy (non-hydrogen) atoms. The van der Waals surface area contributed by atoms with E-state index in [0.29, 0.717) is 49.7 Å². The zero-order valence-corrected chi connectivity index (χ0v) is 24.6. The van der Waals surface area contributed by atoms with E-state index >= 15 is 0 Å². The highest BCUT2D eigenvalue weighted by atomic mass is 16.5. The molecule has 0 atom stereocenters. The smallest absolute Gasteiger partial charge is 0.354 e. The summed E-state index contributed by atoms with van der Waals surface area (Å²) in [6.45, 7) is 8.70. The Hall–Kier alpha value is -3.48. The van der Waals surface area contributed by atoms with Gasteiger partial charge in [0, 0.05) is 62.6 Å². The minimum absolute atomic E-state index is 0.149. The van der Waals surface area contributed by atoms with Crippen molar-refractivity contribution in [3.8, 4) is 11.4 Å². The summed E-state index contributed by atoms with van der Waals surface area (Å²) in [4.78, 5) is 47.9. The number of anilines is 1. The van der Waals surface area contributed by atoms with Gasteiger partial charge in [-0.1, -0.05) is 13.0 Å². The molecule has 1 aromatic carbocycles. The maximum atomic E-state index is 12.9. The van der Waals surface area contributed by atoms with Gasteiger partial charge in [-0.2, -0.15) is 4.98 Å². The summed E-state index contributed by atoms with van der Waals surface area (Å²) in [5.41, 5.74) is 12.2. The van der Waals surface area contributed by atoms with Crippen LogP contribution >= 0.6 is 0 Å². The molecule has 12 heteroatoms. The number of piperazine rings is 1. The van der Waals surface area contributed by atoms with Gasteiger partial charge in [-0.05, 0) is 58.2 Å². The van der Waals surface area contributed by atoms with Crippen molar-refractivity contribution in [3.63, 3.8) is 0 Å². The first-order chi connectivity index (χ1) is 19.5. The molecule has 2 aromatic rings. The number of nitrogens with one attached hydrogen (secondary N) is 1. The van der Waals surface area contributed by atoms with E-state index in [-0.39, 0.29) is 17.8 Å². The van der Waals surface area contributed by atoms with Crippen molar-refractivity contribution in [3.05, 3.63) is 46.5 Å². The third-order valence-corrected chi connectivity index (χ3v) is 8.03. The fourth-order valence-electron chi connectivity index (χ4n) is 5.58. The van der Waals surface area contributed by atoms with Crippen LogP contribution in [0.4, 0.5) is 10.6 Å². The number of carbonyl (C=O) groups is 2. The number of benzene rings is 1. The molecule has 2 aliphatic rings. The summed E-state index contributed by atoms with van der Waals surface area (Å²) in [6.07, 6.45) is 5.88. The Bertz CT molecular complexity index is 1270. The fourth-order valence-corrected chi connectivity index (χ4v) is 5.58. The third kappa shape index (κ3) is 7.43. The highest BCUT2D eigenvalue weighted by Crippen LogP contribution is 2.28. The zero-order valence-electron chi connectivity index (χ0n) is 24.6. The molecule has 1 aliphatic heterocycles. The fraction of sp³-hybridized carbons (Fsp3) is 0.586. The lowest BCUT2D eigenvalue weighted by molar-refractivity contribution is -0.137. The quantitative estimate of drug-likeness (QED) is 0.436. The van der Waals surface area contributed by atoms with Crippen LogP contribution in [0.2, 0.25) is 0 Å². The number of carbonyl (C=O) groups excluding carboxylic acids is 2. The van der Waals surface area contributed by atoms with Crippen LogP contribution in [0.25, 0.3) is 5.69 Å². The van der Waals surface area contributed by atoms with Crippen LogP contribution in [0, 0.1) is 0 Å². The highest BCUT2D eigenvalue weighted by molar-refractivity contribution is 5.89. The largest absolute Gasteiger partial charge is 0.496 e. The van der Waals surface area contributed by atoms with Crippen LogP contribution in [0.3, 0.4) is 0 Å². The Morgan fingerprint density at radius 3 is 2.34 bits per heavy atom. The molecule has 0 radical (unpaired) electrons. The van der Waals surface area contributed by atoms with Crippen LogP contribution < -0.4 is 27.2 Å². The number of aromatic nitrogens is 2. The molecule has 5 N–H and O–H groups in total. The molecule has 1 saturated carbocycles. The minimum atomic E-state index is -0.956. The number of rotatable bonds is 8. The number of nitrogens with zero attached hydrogens (tertiary/aromatic N) is 5. The maximum Gasteiger partial charge on any atom is 0.354 e. The lowest BCUT2D eigenvalue weighted by atomic mass is 9.90. The van der Waals surface area contributed by atoms with Gasteiger partial charge >= 0.3 is 11.7 Å². The number of hydrogen-bond donors (Lipinski definition) is 3. The highest BCUT2D eigenvalue weighted by Gasteiger charge is 2.31. The predicted molar refractivity (Wildman–Crippen MR) is 158 cm³/mol. The maximum absolute atomic E-state index is 12.9. The van der Waals surface area contributed by atoms with Gasteiger partial charge in [0.15, 0.2) is 0 Å². The van der Waals surface area contributed by atoms with Crippen molar-refractivity contribution in [1.82, 2.24) is 24.3 Å². The average Bonchev–Trinajstić information content (AvgIpc) is 2.96. The SMILES string of the molecule is CCN(Cc1ccc(-n2ccc(NC(=O)N3CCN(C(=O)C(C)(C)N)CC3)nc2=O)cc1OC)C1CCC(N)CC1. The summed E-state index contributed by atoms with van der Waals surface area (Å²) in [5, 5.41) is 2.70. The van der Waals surface area contributed by atoms with Crippen molar-refractivity contribution in [2.75, 3.05) is 45.2 Å². The van der Waals surface area contributed by atoms with E-state index in [1.807, 2.05) is 18.2 Å². The first-order valence-corrected chi connectivity index (χ1v) is 14.4. The van der Waals surface area contributed by atoms with Gasteiger partial charge in [0.1, 0.15) is 11.6 Å². The number of amides is 3. The Morgan fingerprint density at radius 2 is 1.76 bits per heavy atom. The van der Waals surface area contributed by atoms with E-state index in [2.05, 4.69) is 22.1 Å². The van der Waals surface area contributed by atoms with E-state index in [9.17, 15) is 14.4 Å². The number of ether oxygens (including phenoxy) is 1. The molecule has 1 aromatic heterocycles. The molecule has 1 aliphatic carbocycles. The van der Waals surface area contributed by atoms with Crippen LogP contribution in [-0.2, 0) is 11.3 Å². The molecule has 2 heterocycles. The predicted octanol–water partition coefficient (Wildman–Crippen LogP) is 1.75. The summed E-state index contributed by atoms with van der Waals surface area (Å²) < 4.78 is 7.12. The second-order valence-electron chi connectivity index (χ2n) is 11.5. The van der Waals surface area contributed by atoms with Crippen molar-refractivity contribution >= 4 is 17.8 Å². The minimum Gasteiger partial charge on any atom is -0.496 e. The molecule has 2 fully saturated rings. The normalized spacial score (nSPS) is 19.8. The topological polar surface area (TPSA) is 152 Å². The summed E-state index contributed by atoms with van der Waals surface area (Å²) in [6, 6.07) is 7.73. The van der Waals surface area contributed by atoms with Crippen molar-refractivity contribution in [2.45, 2.75) is 70.6 Å². The van der Waals surface area contributed by atoms with E-state index in [4.69, 9.17) is 16.2 Å². The number of nitrogens with two attached hydrogens (primary N) is 2. The lowest BCUT2D eigenvalue weighted by Crippen LogP contribution is -2.58. The Balaban J connectivity index is 1.40. The van der Waals surface area contributed by atoms with Crippen LogP contribution in [0.5, 0.6) is 5.75 Å². The number of urea groups is 1. The zero-order chi connectivity index (χ0) is 29.7. The van der Waals surface area contributed by atoms with Crippen LogP contribution in [0.15, 0.2) is 35.3 Å². The van der Waals surface area contributed by atoms with E-state index in [1.54, 1.807) is 43.0 Å². The number of methoxy groups -OCH3 is 1. The molecule has 0 unspecified atom stereocenters. The summed E-state index contributed by atoms with van der Waals surface area (Å²) in [5.74, 6) is 0.713. The van der Waals surface area contributed by atoms with Crippen molar-refractivity contribution < 1.29 is 14.3 Å². The van der Waals surface area contributed by atoms with Gasteiger partial charge in [-0.25, -0.2) is 9.59 Å². The Labute approximate surface area is 241 Å². The molecule has 12 nitrogen and oxygen atoms in total. The first kappa shape index (κ1) is 30.5. The molecule has 0 spiro atoms. The van der Waals surface area contributed by atoms with Crippen LogP contribution in [0.1, 0.15) is 52.0 Å². The van der Waals surface area contributed by atoms with Gasteiger partial charge in [0.2, 0.25) is 5.91 Å². The number of hydrogen-bond acceptors (Lipinski definition) is 8. The molecule has 224 valence electrons. The van der Waals surface area contributed by atoms with Crippen LogP contribution in [-0.4, -0.2) is 93.6 Å². The van der Waals surface area contributed by atoms with E-state index in [1.165, 1.54) is 4.57 Å².